The van der Waals surface area contributed by atoms with Crippen LogP contribution in [0.2, 0.25) is 0 Å². The van der Waals surface area contributed by atoms with Gasteiger partial charge in [0.1, 0.15) is 0 Å². The average molecular weight is 264 g/mol. The smallest absolute Gasteiger partial charge is 0.0481 e. The predicted octanol–water partition coefficient (Wildman–Crippen LogP) is 4.41. The second kappa shape index (κ2) is 5.04. The van der Waals surface area contributed by atoms with Crippen molar-refractivity contribution in [2.45, 2.75) is 20.4 Å². The van der Waals surface area contributed by atoms with Crippen LogP contribution in [0.25, 0.3) is 10.9 Å². The van der Waals surface area contributed by atoms with E-state index in [1.165, 1.54) is 33.3 Å². The minimum absolute atomic E-state index is 0.852. The van der Waals surface area contributed by atoms with Crippen molar-refractivity contribution in [1.82, 2.24) is 4.57 Å². The van der Waals surface area contributed by atoms with Crippen molar-refractivity contribution in [3.8, 4) is 0 Å². The quantitative estimate of drug-likeness (QED) is 0.741. The summed E-state index contributed by atoms with van der Waals surface area (Å²) >= 11 is 0. The van der Waals surface area contributed by atoms with Gasteiger partial charge in [-0.2, -0.15) is 0 Å². The number of benzene rings is 2. The molecule has 0 unspecified atom stereocenters. The fourth-order valence-corrected chi connectivity index (χ4v) is 2.77. The second-order valence-electron chi connectivity index (χ2n) is 5.45. The highest BCUT2D eigenvalue weighted by Gasteiger charge is 2.06. The average Bonchev–Trinajstić information content (AvgIpc) is 2.75. The molecule has 0 saturated carbocycles. The summed E-state index contributed by atoms with van der Waals surface area (Å²) in [6, 6.07) is 15.1. The number of rotatable bonds is 3. The molecule has 0 fully saturated rings. The highest BCUT2D eigenvalue weighted by molar-refractivity contribution is 5.84. The van der Waals surface area contributed by atoms with Crippen LogP contribution in [-0.4, -0.2) is 4.57 Å². The van der Waals surface area contributed by atoms with Gasteiger partial charge in [-0.1, -0.05) is 35.9 Å². The molecule has 2 nitrogen and oxygen atoms in total. The number of aryl methyl sites for hydroxylation is 3. The summed E-state index contributed by atoms with van der Waals surface area (Å²) < 4.78 is 2.19. The highest BCUT2D eigenvalue weighted by Crippen LogP contribution is 2.22. The molecule has 1 aromatic heterocycles. The SMILES string of the molecule is Cc1ccc(NCc2cn(C)c3ccccc23)c(C)c1. The first-order valence-electron chi connectivity index (χ1n) is 6.99. The normalized spacial score (nSPS) is 10.9. The van der Waals surface area contributed by atoms with Crippen LogP contribution in [0.1, 0.15) is 16.7 Å². The minimum Gasteiger partial charge on any atom is -0.381 e. The zero-order chi connectivity index (χ0) is 14.1. The molecular formula is C18H20N2. The third-order valence-electron chi connectivity index (χ3n) is 3.83. The lowest BCUT2D eigenvalue weighted by Crippen LogP contribution is -2.00. The molecule has 2 heteroatoms. The Morgan fingerprint density at radius 1 is 1.05 bits per heavy atom. The van der Waals surface area contributed by atoms with Crippen molar-refractivity contribution in [3.05, 3.63) is 65.4 Å². The van der Waals surface area contributed by atoms with Gasteiger partial charge >= 0.3 is 0 Å². The molecule has 102 valence electrons. The van der Waals surface area contributed by atoms with E-state index in [0.29, 0.717) is 0 Å². The number of para-hydroxylation sites is 1. The number of hydrogen-bond donors (Lipinski definition) is 1. The summed E-state index contributed by atoms with van der Waals surface area (Å²) in [5, 5.41) is 4.87. The predicted molar refractivity (Wildman–Crippen MR) is 86.2 cm³/mol. The van der Waals surface area contributed by atoms with Gasteiger partial charge in [-0.25, -0.2) is 0 Å². The molecule has 0 aliphatic carbocycles. The van der Waals surface area contributed by atoms with E-state index in [9.17, 15) is 0 Å². The Balaban J connectivity index is 1.87. The molecule has 0 spiro atoms. The molecule has 1 heterocycles. The Morgan fingerprint density at radius 3 is 2.65 bits per heavy atom. The second-order valence-corrected chi connectivity index (χ2v) is 5.45. The van der Waals surface area contributed by atoms with E-state index in [-0.39, 0.29) is 0 Å². The first-order chi connectivity index (χ1) is 9.65. The summed E-state index contributed by atoms with van der Waals surface area (Å²) in [6.45, 7) is 5.13. The Kier molecular flexibility index (Phi) is 3.23. The maximum absolute atomic E-state index is 3.55. The van der Waals surface area contributed by atoms with E-state index in [1.54, 1.807) is 0 Å². The van der Waals surface area contributed by atoms with E-state index in [4.69, 9.17) is 0 Å². The topological polar surface area (TPSA) is 17.0 Å². The first-order valence-corrected chi connectivity index (χ1v) is 6.99. The molecule has 0 aliphatic rings. The van der Waals surface area contributed by atoms with Crippen LogP contribution >= 0.6 is 0 Å². The lowest BCUT2D eigenvalue weighted by Gasteiger charge is -2.09. The molecule has 3 rings (SSSR count). The molecular weight excluding hydrogens is 244 g/mol. The highest BCUT2D eigenvalue weighted by atomic mass is 14.9. The number of aromatic nitrogens is 1. The van der Waals surface area contributed by atoms with E-state index in [1.807, 2.05) is 0 Å². The molecule has 20 heavy (non-hydrogen) atoms. The third kappa shape index (κ3) is 2.29. The van der Waals surface area contributed by atoms with Crippen molar-refractivity contribution in [1.29, 1.82) is 0 Å². The van der Waals surface area contributed by atoms with Crippen LogP contribution in [0.15, 0.2) is 48.7 Å². The summed E-state index contributed by atoms with van der Waals surface area (Å²) in [6.07, 6.45) is 2.21. The van der Waals surface area contributed by atoms with Crippen LogP contribution in [0.5, 0.6) is 0 Å². The lowest BCUT2D eigenvalue weighted by atomic mass is 10.1. The van der Waals surface area contributed by atoms with Crippen molar-refractivity contribution in [2.24, 2.45) is 7.05 Å². The van der Waals surface area contributed by atoms with Crippen LogP contribution in [0.4, 0.5) is 5.69 Å². The van der Waals surface area contributed by atoms with Gasteiger partial charge in [0.05, 0.1) is 0 Å². The Morgan fingerprint density at radius 2 is 1.85 bits per heavy atom. The van der Waals surface area contributed by atoms with E-state index in [0.717, 1.165) is 6.54 Å². The van der Waals surface area contributed by atoms with Crippen molar-refractivity contribution in [2.75, 3.05) is 5.32 Å². The van der Waals surface area contributed by atoms with Crippen LogP contribution < -0.4 is 5.32 Å². The van der Waals surface area contributed by atoms with Gasteiger partial charge in [0.2, 0.25) is 0 Å². The summed E-state index contributed by atoms with van der Waals surface area (Å²) in [5.41, 5.74) is 6.43. The Hall–Kier alpha value is -2.22. The van der Waals surface area contributed by atoms with Crippen LogP contribution in [-0.2, 0) is 13.6 Å². The van der Waals surface area contributed by atoms with Crippen molar-refractivity contribution >= 4 is 16.6 Å². The zero-order valence-electron chi connectivity index (χ0n) is 12.3. The first kappa shape index (κ1) is 12.8. The molecule has 0 radical (unpaired) electrons. The van der Waals surface area contributed by atoms with Crippen LogP contribution in [0, 0.1) is 13.8 Å². The van der Waals surface area contributed by atoms with E-state index in [2.05, 4.69) is 79.4 Å². The number of nitrogens with one attached hydrogen (secondary N) is 1. The molecule has 0 bridgehead atoms. The summed E-state index contributed by atoms with van der Waals surface area (Å²) in [4.78, 5) is 0. The van der Waals surface area contributed by atoms with Crippen LogP contribution in [0.3, 0.4) is 0 Å². The summed E-state index contributed by atoms with van der Waals surface area (Å²) in [5.74, 6) is 0. The lowest BCUT2D eigenvalue weighted by molar-refractivity contribution is 0.955. The molecule has 1 N–H and O–H groups in total. The van der Waals surface area contributed by atoms with Gasteiger partial charge in [0.25, 0.3) is 0 Å². The summed E-state index contributed by atoms with van der Waals surface area (Å²) in [7, 11) is 2.10. The van der Waals surface area contributed by atoms with Gasteiger partial charge in [0.15, 0.2) is 0 Å². The molecule has 0 aliphatic heterocycles. The maximum Gasteiger partial charge on any atom is 0.0481 e. The van der Waals surface area contributed by atoms with Gasteiger partial charge in [-0.3, -0.25) is 0 Å². The van der Waals surface area contributed by atoms with Gasteiger partial charge < -0.3 is 9.88 Å². The van der Waals surface area contributed by atoms with E-state index < -0.39 is 0 Å². The monoisotopic (exact) mass is 264 g/mol. The molecule has 0 saturated heterocycles. The molecule has 2 aromatic carbocycles. The number of nitrogens with zero attached hydrogens (tertiary/aromatic N) is 1. The fraction of sp³-hybridized carbons (Fsp3) is 0.222. The van der Waals surface area contributed by atoms with Gasteiger partial charge in [-0.05, 0) is 37.1 Å². The standard InChI is InChI=1S/C18H20N2/c1-13-8-9-17(14(2)10-13)19-11-15-12-20(3)18-7-5-4-6-16(15)18/h4-10,12,19H,11H2,1-3H3. The maximum atomic E-state index is 3.55. The number of anilines is 1. The van der Waals surface area contributed by atoms with Gasteiger partial charge in [0, 0.05) is 36.4 Å². The van der Waals surface area contributed by atoms with Crippen molar-refractivity contribution in [3.63, 3.8) is 0 Å². The van der Waals surface area contributed by atoms with Gasteiger partial charge in [-0.15, -0.1) is 0 Å². The minimum atomic E-state index is 0.852. The zero-order valence-corrected chi connectivity index (χ0v) is 12.3. The fourth-order valence-electron chi connectivity index (χ4n) is 2.77. The third-order valence-corrected chi connectivity index (χ3v) is 3.83. The number of hydrogen-bond acceptors (Lipinski definition) is 1. The van der Waals surface area contributed by atoms with E-state index >= 15 is 0 Å². The Labute approximate surface area is 120 Å². The van der Waals surface area contributed by atoms with Crippen molar-refractivity contribution < 1.29 is 0 Å². The molecule has 0 amide bonds. The molecule has 3 aromatic rings. The Bertz CT molecular complexity index is 753. The largest absolute Gasteiger partial charge is 0.381 e. The number of fused-ring (bicyclic) bond motifs is 1. The molecule has 0 atom stereocenters.